The van der Waals surface area contributed by atoms with E-state index in [1.165, 1.54) is 38.6 Å². The van der Waals surface area contributed by atoms with Crippen LogP contribution < -0.4 is 10.6 Å². The second kappa shape index (κ2) is 7.88. The lowest BCUT2D eigenvalue weighted by molar-refractivity contribution is 0.0926. The quantitative estimate of drug-likeness (QED) is 0.815. The maximum Gasteiger partial charge on any atom is 0.254 e. The molecule has 3 rings (SSSR count). The van der Waals surface area contributed by atoms with Crippen LogP contribution in [0.2, 0.25) is 0 Å². The fourth-order valence-electron chi connectivity index (χ4n) is 2.97. The first kappa shape index (κ1) is 17.1. The third-order valence-electron chi connectivity index (χ3n) is 4.38. The van der Waals surface area contributed by atoms with E-state index < -0.39 is 0 Å². The third-order valence-corrected chi connectivity index (χ3v) is 4.38. The van der Waals surface area contributed by atoms with Crippen molar-refractivity contribution >= 4 is 23.3 Å². The molecule has 0 unspecified atom stereocenters. The molecule has 0 aliphatic heterocycles. The van der Waals surface area contributed by atoms with E-state index in [0.29, 0.717) is 17.1 Å². The molecule has 1 aliphatic carbocycles. The van der Waals surface area contributed by atoms with Crippen LogP contribution in [0.3, 0.4) is 0 Å². The van der Waals surface area contributed by atoms with Crippen LogP contribution in [0.25, 0.3) is 0 Å². The molecule has 1 aliphatic rings. The molecule has 0 spiro atoms. The summed E-state index contributed by atoms with van der Waals surface area (Å²) in [6.45, 7) is 1.52. The van der Waals surface area contributed by atoms with Gasteiger partial charge in [-0.15, -0.1) is 0 Å². The molecule has 0 radical (unpaired) electrons. The van der Waals surface area contributed by atoms with Crippen molar-refractivity contribution in [3.8, 4) is 0 Å². The van der Waals surface area contributed by atoms with Gasteiger partial charge >= 0.3 is 0 Å². The number of aromatic nitrogens is 2. The standard InChI is InChI=1S/C19H22N4O2/c1-13(24)14-6-5-9-17(10-14)23-19-20-11-15(12-21-19)18(25)22-16-7-3-2-4-8-16/h5-6,9-12,16H,2-4,7-8H2,1H3,(H,22,25)(H,20,21,23). The lowest BCUT2D eigenvalue weighted by Crippen LogP contribution is -2.36. The van der Waals surface area contributed by atoms with Crippen LogP contribution in [0.1, 0.15) is 59.7 Å². The number of ketones is 1. The Hall–Kier alpha value is -2.76. The molecule has 2 N–H and O–H groups in total. The van der Waals surface area contributed by atoms with Gasteiger partial charge in [-0.05, 0) is 31.9 Å². The van der Waals surface area contributed by atoms with Crippen LogP contribution in [0.4, 0.5) is 11.6 Å². The molecule has 1 aromatic carbocycles. The molecule has 1 heterocycles. The van der Waals surface area contributed by atoms with E-state index >= 15 is 0 Å². The van der Waals surface area contributed by atoms with E-state index in [0.717, 1.165) is 18.5 Å². The van der Waals surface area contributed by atoms with Crippen LogP contribution in [-0.2, 0) is 0 Å². The molecule has 1 fully saturated rings. The number of carbonyl (C=O) groups is 2. The Morgan fingerprint density at radius 2 is 1.76 bits per heavy atom. The zero-order valence-electron chi connectivity index (χ0n) is 14.3. The largest absolute Gasteiger partial charge is 0.349 e. The van der Waals surface area contributed by atoms with Crippen molar-refractivity contribution in [1.29, 1.82) is 0 Å². The van der Waals surface area contributed by atoms with Crippen molar-refractivity contribution in [2.75, 3.05) is 5.32 Å². The molecular weight excluding hydrogens is 316 g/mol. The number of carbonyl (C=O) groups excluding carboxylic acids is 2. The summed E-state index contributed by atoms with van der Waals surface area (Å²) >= 11 is 0. The zero-order chi connectivity index (χ0) is 17.6. The number of hydrogen-bond acceptors (Lipinski definition) is 5. The summed E-state index contributed by atoms with van der Waals surface area (Å²) in [4.78, 5) is 32.1. The number of anilines is 2. The molecule has 130 valence electrons. The van der Waals surface area contributed by atoms with E-state index in [1.807, 2.05) is 6.07 Å². The second-order valence-corrected chi connectivity index (χ2v) is 6.37. The molecule has 0 saturated heterocycles. The molecule has 6 nitrogen and oxygen atoms in total. The van der Waals surface area contributed by atoms with E-state index in [-0.39, 0.29) is 17.7 Å². The lowest BCUT2D eigenvalue weighted by atomic mass is 9.95. The maximum atomic E-state index is 12.3. The minimum Gasteiger partial charge on any atom is -0.349 e. The highest BCUT2D eigenvalue weighted by atomic mass is 16.1. The molecule has 0 bridgehead atoms. The normalized spacial score (nSPS) is 14.8. The Kier molecular flexibility index (Phi) is 5.38. The van der Waals surface area contributed by atoms with E-state index in [2.05, 4.69) is 20.6 Å². The highest BCUT2D eigenvalue weighted by Crippen LogP contribution is 2.18. The Morgan fingerprint density at radius 1 is 1.04 bits per heavy atom. The summed E-state index contributed by atoms with van der Waals surface area (Å²) in [5, 5.41) is 6.09. The van der Waals surface area contributed by atoms with Crippen molar-refractivity contribution in [3.05, 3.63) is 47.8 Å². The van der Waals surface area contributed by atoms with Crippen LogP contribution in [-0.4, -0.2) is 27.7 Å². The minimum atomic E-state index is -0.128. The van der Waals surface area contributed by atoms with Gasteiger partial charge in [-0.2, -0.15) is 0 Å². The summed E-state index contributed by atoms with van der Waals surface area (Å²) in [5.41, 5.74) is 1.80. The predicted octanol–water partition coefficient (Wildman–Crippen LogP) is 3.49. The van der Waals surface area contributed by atoms with Crippen molar-refractivity contribution in [2.24, 2.45) is 0 Å². The van der Waals surface area contributed by atoms with Gasteiger partial charge in [0.05, 0.1) is 5.56 Å². The zero-order valence-corrected chi connectivity index (χ0v) is 14.3. The van der Waals surface area contributed by atoms with Gasteiger partial charge in [-0.1, -0.05) is 31.4 Å². The average Bonchev–Trinajstić information content (AvgIpc) is 2.63. The fourth-order valence-corrected chi connectivity index (χ4v) is 2.97. The molecule has 2 aromatic rings. The van der Waals surface area contributed by atoms with Gasteiger partial charge in [0.1, 0.15) is 0 Å². The van der Waals surface area contributed by atoms with Gasteiger partial charge < -0.3 is 10.6 Å². The van der Waals surface area contributed by atoms with Crippen molar-refractivity contribution in [1.82, 2.24) is 15.3 Å². The SMILES string of the molecule is CC(=O)c1cccc(Nc2ncc(C(=O)NC3CCCCC3)cn2)c1. The Labute approximate surface area is 147 Å². The van der Waals surface area contributed by atoms with E-state index in [1.54, 1.807) is 18.2 Å². The van der Waals surface area contributed by atoms with E-state index in [9.17, 15) is 9.59 Å². The Bertz CT molecular complexity index is 752. The summed E-state index contributed by atoms with van der Waals surface area (Å²) in [7, 11) is 0. The first-order valence-electron chi connectivity index (χ1n) is 8.63. The number of hydrogen-bond donors (Lipinski definition) is 2. The highest BCUT2D eigenvalue weighted by molar-refractivity contribution is 5.95. The van der Waals surface area contributed by atoms with Crippen LogP contribution in [0.15, 0.2) is 36.7 Å². The van der Waals surface area contributed by atoms with Gasteiger partial charge in [-0.25, -0.2) is 9.97 Å². The monoisotopic (exact) mass is 338 g/mol. The van der Waals surface area contributed by atoms with Gasteiger partial charge in [0.2, 0.25) is 5.95 Å². The van der Waals surface area contributed by atoms with Crippen LogP contribution in [0.5, 0.6) is 0 Å². The Morgan fingerprint density at radius 3 is 2.44 bits per heavy atom. The van der Waals surface area contributed by atoms with E-state index in [4.69, 9.17) is 0 Å². The smallest absolute Gasteiger partial charge is 0.254 e. The molecular formula is C19H22N4O2. The topological polar surface area (TPSA) is 84.0 Å². The summed E-state index contributed by atoms with van der Waals surface area (Å²) in [6.07, 6.45) is 8.70. The van der Waals surface area contributed by atoms with Crippen molar-refractivity contribution in [2.45, 2.75) is 45.1 Å². The third kappa shape index (κ3) is 4.62. The van der Waals surface area contributed by atoms with Crippen LogP contribution in [0, 0.1) is 0 Å². The number of amides is 1. The van der Waals surface area contributed by atoms with Gasteiger partial charge in [0.15, 0.2) is 5.78 Å². The van der Waals surface area contributed by atoms with Crippen LogP contribution >= 0.6 is 0 Å². The van der Waals surface area contributed by atoms with Gasteiger partial charge in [0, 0.05) is 29.7 Å². The highest BCUT2D eigenvalue weighted by Gasteiger charge is 2.17. The maximum absolute atomic E-state index is 12.3. The summed E-state index contributed by atoms with van der Waals surface area (Å²) < 4.78 is 0. The first-order chi connectivity index (χ1) is 12.1. The first-order valence-corrected chi connectivity index (χ1v) is 8.63. The molecule has 25 heavy (non-hydrogen) atoms. The molecule has 1 aromatic heterocycles. The minimum absolute atomic E-state index is 0.000648. The average molecular weight is 338 g/mol. The second-order valence-electron chi connectivity index (χ2n) is 6.37. The molecule has 6 heteroatoms. The number of benzene rings is 1. The number of rotatable bonds is 5. The number of nitrogens with one attached hydrogen (secondary N) is 2. The Balaban J connectivity index is 1.62. The number of nitrogens with zero attached hydrogens (tertiary/aromatic N) is 2. The van der Waals surface area contributed by atoms with Crippen molar-refractivity contribution < 1.29 is 9.59 Å². The summed E-state index contributed by atoms with van der Waals surface area (Å²) in [5.74, 6) is 0.256. The number of Topliss-reactive ketones (excluding diaryl/α,β-unsaturated/α-hetero) is 1. The predicted molar refractivity (Wildman–Crippen MR) is 96.1 cm³/mol. The molecule has 1 saturated carbocycles. The molecule has 0 atom stereocenters. The van der Waals surface area contributed by atoms with Gasteiger partial charge in [-0.3, -0.25) is 9.59 Å². The van der Waals surface area contributed by atoms with Crippen molar-refractivity contribution in [3.63, 3.8) is 0 Å². The lowest BCUT2D eigenvalue weighted by Gasteiger charge is -2.22. The summed E-state index contributed by atoms with van der Waals surface area (Å²) in [6, 6.07) is 7.39. The molecule has 1 amide bonds. The fraction of sp³-hybridized carbons (Fsp3) is 0.368. The van der Waals surface area contributed by atoms with Gasteiger partial charge in [0.25, 0.3) is 5.91 Å².